The number of hydrogen-bond acceptors (Lipinski definition) is 3. The van der Waals surface area contributed by atoms with Crippen LogP contribution in [0, 0.1) is 22.7 Å². The van der Waals surface area contributed by atoms with Crippen LogP contribution in [0.3, 0.4) is 0 Å². The van der Waals surface area contributed by atoms with Crippen LogP contribution in [-0.4, -0.2) is 4.40 Å². The summed E-state index contributed by atoms with van der Waals surface area (Å²) in [4.78, 5) is 0. The molecule has 0 N–H and O–H groups in total. The molecule has 0 fully saturated rings. The Kier molecular flexibility index (Phi) is 7.67. The second kappa shape index (κ2) is 14.4. The molecular weight excluding hydrogens is 923 g/mol. The molecule has 0 saturated heterocycles. The number of furan rings is 1. The van der Waals surface area contributed by atoms with Crippen molar-refractivity contribution in [1.29, 1.82) is 10.5 Å². The van der Waals surface area contributed by atoms with Crippen LogP contribution in [0.4, 0.5) is 0 Å². The fourth-order valence-corrected chi connectivity index (χ4v) is 15.5. The van der Waals surface area contributed by atoms with Crippen molar-refractivity contribution in [2.45, 2.75) is 23.7 Å². The zero-order valence-electron chi connectivity index (χ0n) is 40.8. The van der Waals surface area contributed by atoms with Crippen LogP contribution in [0.15, 0.2) is 217 Å². The van der Waals surface area contributed by atoms with Crippen molar-refractivity contribution in [1.82, 2.24) is 4.40 Å². The van der Waals surface area contributed by atoms with E-state index in [2.05, 4.69) is 229 Å². The zero-order chi connectivity index (χ0) is 49.7. The molecule has 0 saturated carbocycles. The summed E-state index contributed by atoms with van der Waals surface area (Å²) in [5.74, 6) is -0.385. The molecule has 6 aliphatic rings. The molecule has 0 unspecified atom stereocenters. The standard InChI is InChI=1S/C72H39N3O/c73-36-41-33-56-67(69-60(41)63-44-22-7-11-26-48(44)65(69)49-27-12-8-23-45(49)63)54-31-40(59-52(38-17-3-1-4-18-38)35-53-43-21-15-16-30-58(43)76-72(53)62(59)39-19-5-2-6-20-39)32-55-68-57(75(56)71(54)55)34-42(37-74)61-64-46-24-9-13-28-50(46)66(70(61)68)51-29-14-10-25-47(51)64/h1-35,63-66H. The van der Waals surface area contributed by atoms with Crippen molar-refractivity contribution in [2.24, 2.45) is 0 Å². The van der Waals surface area contributed by atoms with Gasteiger partial charge in [0.1, 0.15) is 11.2 Å². The molecule has 4 nitrogen and oxygen atoms in total. The largest absolute Gasteiger partial charge is 0.455 e. The molecule has 14 aromatic rings. The van der Waals surface area contributed by atoms with Gasteiger partial charge in [-0.25, -0.2) is 0 Å². The van der Waals surface area contributed by atoms with E-state index >= 15 is 0 Å². The predicted molar refractivity (Wildman–Crippen MR) is 304 cm³/mol. The highest BCUT2D eigenvalue weighted by atomic mass is 16.3. The first-order chi connectivity index (χ1) is 37.7. The fourth-order valence-electron chi connectivity index (χ4n) is 15.5. The Balaban J connectivity index is 1.08. The summed E-state index contributed by atoms with van der Waals surface area (Å²) in [5.41, 5.74) is 27.7. The summed E-state index contributed by atoms with van der Waals surface area (Å²) < 4.78 is 9.54. The lowest BCUT2D eigenvalue weighted by Gasteiger charge is -2.43. The summed E-state index contributed by atoms with van der Waals surface area (Å²) in [7, 11) is 0. The third-order valence-corrected chi connectivity index (χ3v) is 18.1. The average molecular weight is 962 g/mol. The lowest BCUT2D eigenvalue weighted by Crippen LogP contribution is -2.28. The topological polar surface area (TPSA) is 65.1 Å². The number of nitriles is 2. The van der Waals surface area contributed by atoms with Gasteiger partial charge in [-0.1, -0.05) is 176 Å². The normalized spacial score (nSPS) is 17.2. The number of aromatic nitrogens is 1. The van der Waals surface area contributed by atoms with Crippen LogP contribution >= 0.6 is 0 Å². The Morgan fingerprint density at radius 3 is 1.22 bits per heavy atom. The smallest absolute Gasteiger partial charge is 0.143 e. The molecule has 11 aromatic carbocycles. The van der Waals surface area contributed by atoms with Gasteiger partial charge in [-0.05, 0) is 125 Å². The maximum absolute atomic E-state index is 11.5. The molecule has 4 bridgehead atoms. The van der Waals surface area contributed by atoms with Gasteiger partial charge in [-0.3, -0.25) is 0 Å². The highest BCUT2D eigenvalue weighted by Crippen LogP contribution is 2.63. The van der Waals surface area contributed by atoms with E-state index in [1.807, 2.05) is 0 Å². The molecule has 348 valence electrons. The van der Waals surface area contributed by atoms with Crippen molar-refractivity contribution in [3.05, 3.63) is 290 Å². The number of benzene rings is 11. The van der Waals surface area contributed by atoms with Crippen LogP contribution in [0.2, 0.25) is 0 Å². The molecule has 0 amide bonds. The number of rotatable bonds is 3. The van der Waals surface area contributed by atoms with Gasteiger partial charge < -0.3 is 8.82 Å². The van der Waals surface area contributed by atoms with Crippen LogP contribution in [-0.2, 0) is 0 Å². The molecule has 0 aliphatic heterocycles. The summed E-state index contributed by atoms with van der Waals surface area (Å²) in [6.07, 6.45) is 0. The van der Waals surface area contributed by atoms with Gasteiger partial charge in [0.05, 0.1) is 39.8 Å². The Labute approximate surface area is 436 Å². The summed E-state index contributed by atoms with van der Waals surface area (Å²) in [6, 6.07) is 82.9. The number of nitrogens with zero attached hydrogens (tertiary/aromatic N) is 3. The first kappa shape index (κ1) is 40.5. The minimum absolute atomic E-state index is 0.0955. The second-order valence-electron chi connectivity index (χ2n) is 21.4. The number of hydrogen-bond donors (Lipinski definition) is 0. The third-order valence-electron chi connectivity index (χ3n) is 18.1. The van der Waals surface area contributed by atoms with Crippen molar-refractivity contribution >= 4 is 60.0 Å². The van der Waals surface area contributed by atoms with Gasteiger partial charge >= 0.3 is 0 Å². The SMILES string of the molecule is N#Cc1cc2c(c3c1C1c4ccccc4C3c3ccccc31)c1cc(-c3c(-c4ccccc4)cc4c(oc5ccccc54)c3-c3ccccc3)cc3c4c5c(c(C#N)cc4n2c13)C1c2ccccc2C5c2ccccc21. The molecule has 0 radical (unpaired) electrons. The molecule has 76 heavy (non-hydrogen) atoms. The van der Waals surface area contributed by atoms with Gasteiger partial charge in [0, 0.05) is 67.1 Å². The van der Waals surface area contributed by atoms with Crippen molar-refractivity contribution in [3.63, 3.8) is 0 Å². The summed E-state index contributed by atoms with van der Waals surface area (Å²) in [6.45, 7) is 0. The maximum Gasteiger partial charge on any atom is 0.143 e. The van der Waals surface area contributed by atoms with E-state index in [-0.39, 0.29) is 23.7 Å². The van der Waals surface area contributed by atoms with Crippen LogP contribution < -0.4 is 0 Å². The van der Waals surface area contributed by atoms with Gasteiger partial charge in [0.2, 0.25) is 0 Å². The number of fused-ring (bicyclic) bond motifs is 9. The van der Waals surface area contributed by atoms with E-state index in [1.165, 1.54) is 55.6 Å². The highest BCUT2D eigenvalue weighted by molar-refractivity contribution is 6.28. The second-order valence-corrected chi connectivity index (χ2v) is 21.4. The van der Waals surface area contributed by atoms with Crippen molar-refractivity contribution in [2.75, 3.05) is 0 Å². The molecular formula is C72H39N3O. The lowest BCUT2D eigenvalue weighted by molar-refractivity contribution is 0.670. The fraction of sp³-hybridized carbons (Fsp3) is 0.0556. The van der Waals surface area contributed by atoms with Crippen LogP contribution in [0.1, 0.15) is 102 Å². The predicted octanol–water partition coefficient (Wildman–Crippen LogP) is 17.5. The van der Waals surface area contributed by atoms with E-state index in [4.69, 9.17) is 4.42 Å². The Hall–Kier alpha value is -10.0. The third kappa shape index (κ3) is 4.84. The van der Waals surface area contributed by atoms with Gasteiger partial charge in [0.25, 0.3) is 0 Å². The zero-order valence-corrected chi connectivity index (χ0v) is 40.8. The van der Waals surface area contributed by atoms with Gasteiger partial charge in [-0.2, -0.15) is 10.5 Å². The van der Waals surface area contributed by atoms with Crippen molar-refractivity contribution < 1.29 is 4.42 Å². The minimum Gasteiger partial charge on any atom is -0.455 e. The molecule has 0 spiro atoms. The molecule has 0 atom stereocenters. The monoisotopic (exact) mass is 961 g/mol. The lowest BCUT2D eigenvalue weighted by atomic mass is 9.59. The maximum atomic E-state index is 11.5. The van der Waals surface area contributed by atoms with Gasteiger partial charge in [0.15, 0.2) is 0 Å². The summed E-state index contributed by atoms with van der Waals surface area (Å²) >= 11 is 0. The van der Waals surface area contributed by atoms with E-state index in [1.54, 1.807) is 0 Å². The highest BCUT2D eigenvalue weighted by Gasteiger charge is 2.47. The van der Waals surface area contributed by atoms with E-state index < -0.39 is 0 Å². The van der Waals surface area contributed by atoms with E-state index in [0.717, 1.165) is 105 Å². The first-order valence-electron chi connectivity index (χ1n) is 26.3. The summed E-state index contributed by atoms with van der Waals surface area (Å²) in [5, 5.41) is 29.8. The minimum atomic E-state index is -0.0968. The van der Waals surface area contributed by atoms with Crippen LogP contribution in [0.25, 0.3) is 93.4 Å². The quantitative estimate of drug-likeness (QED) is 0.177. The Bertz CT molecular complexity index is 4730. The van der Waals surface area contributed by atoms with Crippen molar-refractivity contribution in [3.8, 4) is 45.5 Å². The van der Waals surface area contributed by atoms with Crippen LogP contribution in [0.5, 0.6) is 0 Å². The Morgan fingerprint density at radius 1 is 0.355 bits per heavy atom. The van der Waals surface area contributed by atoms with E-state index in [9.17, 15) is 10.5 Å². The molecule has 4 heteroatoms. The first-order valence-corrected chi connectivity index (χ1v) is 26.3. The van der Waals surface area contributed by atoms with E-state index in [0.29, 0.717) is 11.1 Å². The molecule has 3 heterocycles. The molecule has 3 aromatic heterocycles. The average Bonchev–Trinajstić information content (AvgIpc) is 4.33. The Morgan fingerprint density at radius 2 is 0.763 bits per heavy atom. The molecule has 6 aliphatic carbocycles. The molecule has 20 rings (SSSR count). The van der Waals surface area contributed by atoms with Gasteiger partial charge in [-0.15, -0.1) is 0 Å². The number of para-hydroxylation sites is 1.